The van der Waals surface area contributed by atoms with E-state index >= 15 is 0 Å². The molecule has 4 rings (SSSR count). The average molecular weight is 334 g/mol. The van der Waals surface area contributed by atoms with E-state index in [2.05, 4.69) is 72.1 Å². The van der Waals surface area contributed by atoms with Crippen molar-refractivity contribution >= 4 is 21.8 Å². The SMILES string of the molecule is CC(C)c1cncc2cn[nH]c12.CCC(C)c1cccc2cc[nH]c12. The van der Waals surface area contributed by atoms with Crippen molar-refractivity contribution in [3.8, 4) is 0 Å². The molecule has 3 aromatic heterocycles. The molecule has 0 bridgehead atoms. The Balaban J connectivity index is 0.000000146. The molecule has 0 fully saturated rings. The van der Waals surface area contributed by atoms with Crippen LogP contribution in [-0.4, -0.2) is 20.2 Å². The summed E-state index contributed by atoms with van der Waals surface area (Å²) in [5.41, 5.74) is 5.08. The lowest BCUT2D eigenvalue weighted by Gasteiger charge is -2.09. The van der Waals surface area contributed by atoms with Crippen LogP contribution in [0.2, 0.25) is 0 Å². The second-order valence-corrected chi connectivity index (χ2v) is 6.82. The number of fused-ring (bicyclic) bond motifs is 2. The number of para-hydroxylation sites is 1. The van der Waals surface area contributed by atoms with Crippen LogP contribution < -0.4 is 0 Å². The third-order valence-electron chi connectivity index (χ3n) is 4.77. The predicted octanol–water partition coefficient (Wildman–Crippen LogP) is 5.76. The van der Waals surface area contributed by atoms with Crippen molar-refractivity contribution in [2.45, 2.75) is 46.0 Å². The van der Waals surface area contributed by atoms with Gasteiger partial charge >= 0.3 is 0 Å². The van der Waals surface area contributed by atoms with Crippen LogP contribution >= 0.6 is 0 Å². The maximum Gasteiger partial charge on any atom is 0.0715 e. The summed E-state index contributed by atoms with van der Waals surface area (Å²) in [4.78, 5) is 7.45. The van der Waals surface area contributed by atoms with Crippen molar-refractivity contribution in [1.29, 1.82) is 0 Å². The zero-order valence-corrected chi connectivity index (χ0v) is 15.4. The molecule has 1 atom stereocenters. The number of hydrogen-bond acceptors (Lipinski definition) is 2. The molecule has 1 aromatic carbocycles. The molecule has 1 unspecified atom stereocenters. The maximum absolute atomic E-state index is 4.15. The van der Waals surface area contributed by atoms with Crippen LogP contribution in [0.25, 0.3) is 21.8 Å². The zero-order valence-electron chi connectivity index (χ0n) is 15.4. The van der Waals surface area contributed by atoms with Crippen molar-refractivity contribution in [3.05, 3.63) is 60.2 Å². The van der Waals surface area contributed by atoms with Gasteiger partial charge in [-0.05, 0) is 40.8 Å². The summed E-state index contributed by atoms with van der Waals surface area (Å²) in [6.07, 6.45) is 8.72. The highest BCUT2D eigenvalue weighted by Crippen LogP contribution is 2.26. The minimum Gasteiger partial charge on any atom is -0.361 e. The summed E-state index contributed by atoms with van der Waals surface area (Å²) in [5.74, 6) is 1.13. The van der Waals surface area contributed by atoms with E-state index < -0.39 is 0 Å². The van der Waals surface area contributed by atoms with Gasteiger partial charge in [-0.2, -0.15) is 5.10 Å². The fourth-order valence-corrected chi connectivity index (χ4v) is 3.06. The topological polar surface area (TPSA) is 57.4 Å². The first-order chi connectivity index (χ1) is 12.1. The Morgan fingerprint density at radius 3 is 2.52 bits per heavy atom. The molecule has 0 aliphatic carbocycles. The number of pyridine rings is 1. The average Bonchev–Trinajstić information content (AvgIpc) is 3.29. The second kappa shape index (κ2) is 7.51. The summed E-state index contributed by atoms with van der Waals surface area (Å²) in [5, 5.41) is 9.36. The fourth-order valence-electron chi connectivity index (χ4n) is 3.06. The molecule has 0 aliphatic rings. The summed E-state index contributed by atoms with van der Waals surface area (Å²) in [6.45, 7) is 8.80. The Labute approximate surface area is 148 Å². The molecule has 0 saturated carbocycles. The highest BCUT2D eigenvalue weighted by molar-refractivity contribution is 5.83. The van der Waals surface area contributed by atoms with Crippen molar-refractivity contribution in [3.63, 3.8) is 0 Å². The molecule has 0 spiro atoms. The zero-order chi connectivity index (χ0) is 17.8. The molecule has 4 nitrogen and oxygen atoms in total. The van der Waals surface area contributed by atoms with E-state index in [1.54, 1.807) is 6.20 Å². The third kappa shape index (κ3) is 3.58. The lowest BCUT2D eigenvalue weighted by Crippen LogP contribution is -1.91. The Morgan fingerprint density at radius 1 is 0.920 bits per heavy atom. The molecule has 3 heterocycles. The van der Waals surface area contributed by atoms with E-state index in [-0.39, 0.29) is 0 Å². The maximum atomic E-state index is 4.15. The van der Waals surface area contributed by atoms with E-state index in [1.165, 1.54) is 28.5 Å². The van der Waals surface area contributed by atoms with Gasteiger partial charge in [-0.25, -0.2) is 0 Å². The minimum absolute atomic E-state index is 0.488. The lowest BCUT2D eigenvalue weighted by atomic mass is 9.97. The van der Waals surface area contributed by atoms with Crippen molar-refractivity contribution in [2.75, 3.05) is 0 Å². The van der Waals surface area contributed by atoms with Crippen molar-refractivity contribution < 1.29 is 0 Å². The van der Waals surface area contributed by atoms with E-state index in [0.717, 1.165) is 10.9 Å². The molecule has 4 heteroatoms. The van der Waals surface area contributed by atoms with Crippen LogP contribution in [0.5, 0.6) is 0 Å². The normalized spacial score (nSPS) is 12.4. The first-order valence-corrected chi connectivity index (χ1v) is 8.94. The number of aromatic amines is 2. The Bertz CT molecular complexity index is 949. The number of benzene rings is 1. The molecule has 0 amide bonds. The van der Waals surface area contributed by atoms with Gasteiger partial charge in [0, 0.05) is 29.5 Å². The van der Waals surface area contributed by atoms with Crippen LogP contribution in [0.3, 0.4) is 0 Å². The van der Waals surface area contributed by atoms with Crippen LogP contribution in [-0.2, 0) is 0 Å². The number of rotatable bonds is 3. The molecular formula is C21H26N4. The van der Waals surface area contributed by atoms with Gasteiger partial charge in [-0.3, -0.25) is 10.1 Å². The van der Waals surface area contributed by atoms with E-state index in [9.17, 15) is 0 Å². The quantitative estimate of drug-likeness (QED) is 0.500. The van der Waals surface area contributed by atoms with Gasteiger partial charge in [-0.1, -0.05) is 45.9 Å². The summed E-state index contributed by atoms with van der Waals surface area (Å²) in [6, 6.07) is 8.63. The van der Waals surface area contributed by atoms with Gasteiger partial charge in [0.1, 0.15) is 0 Å². The molecule has 0 aliphatic heterocycles. The number of hydrogen-bond donors (Lipinski definition) is 2. The smallest absolute Gasteiger partial charge is 0.0715 e. The van der Waals surface area contributed by atoms with Crippen LogP contribution in [0.4, 0.5) is 0 Å². The van der Waals surface area contributed by atoms with Crippen molar-refractivity contribution in [2.24, 2.45) is 0 Å². The van der Waals surface area contributed by atoms with Gasteiger partial charge < -0.3 is 4.98 Å². The second-order valence-electron chi connectivity index (χ2n) is 6.82. The van der Waals surface area contributed by atoms with Crippen LogP contribution in [0, 0.1) is 0 Å². The molecule has 4 aromatic rings. The molecule has 0 saturated heterocycles. The van der Waals surface area contributed by atoms with Crippen LogP contribution in [0.1, 0.15) is 57.1 Å². The lowest BCUT2D eigenvalue weighted by molar-refractivity contribution is 0.738. The Hall–Kier alpha value is -2.62. The largest absolute Gasteiger partial charge is 0.361 e. The monoisotopic (exact) mass is 334 g/mol. The molecule has 2 N–H and O–H groups in total. The number of H-pyrrole nitrogens is 2. The molecule has 130 valence electrons. The van der Waals surface area contributed by atoms with Gasteiger partial charge in [0.15, 0.2) is 0 Å². The van der Waals surface area contributed by atoms with E-state index in [0.29, 0.717) is 11.8 Å². The van der Waals surface area contributed by atoms with Gasteiger partial charge in [0.05, 0.1) is 11.7 Å². The van der Waals surface area contributed by atoms with Gasteiger partial charge in [0.2, 0.25) is 0 Å². The van der Waals surface area contributed by atoms with Crippen LogP contribution in [0.15, 0.2) is 49.1 Å². The number of nitrogens with one attached hydrogen (secondary N) is 2. The molecular weight excluding hydrogens is 308 g/mol. The Kier molecular flexibility index (Phi) is 5.17. The summed E-state index contributed by atoms with van der Waals surface area (Å²) < 4.78 is 0. The first-order valence-electron chi connectivity index (χ1n) is 8.94. The standard InChI is InChI=1S/C12H15N.C9H11N3/c1-3-9(2)11-6-4-5-10-7-8-13-12(10)11;1-6(2)8-5-10-3-7-4-11-12-9(7)8/h4-9,13H,3H2,1-2H3;3-6H,1-2H3,(H,11,12). The van der Waals surface area contributed by atoms with Crippen molar-refractivity contribution in [1.82, 2.24) is 20.2 Å². The van der Waals surface area contributed by atoms with Gasteiger partial charge in [-0.15, -0.1) is 0 Å². The predicted molar refractivity (Wildman–Crippen MR) is 105 cm³/mol. The van der Waals surface area contributed by atoms with E-state index in [1.807, 2.05) is 18.6 Å². The van der Waals surface area contributed by atoms with Gasteiger partial charge in [0.25, 0.3) is 0 Å². The fraction of sp³-hybridized carbons (Fsp3) is 0.333. The minimum atomic E-state index is 0.488. The highest BCUT2D eigenvalue weighted by atomic mass is 15.1. The molecule has 25 heavy (non-hydrogen) atoms. The Morgan fingerprint density at radius 2 is 1.76 bits per heavy atom. The molecule has 0 radical (unpaired) electrons. The first kappa shape index (κ1) is 17.2. The number of nitrogens with zero attached hydrogens (tertiary/aromatic N) is 2. The van der Waals surface area contributed by atoms with E-state index in [4.69, 9.17) is 0 Å². The summed E-state index contributed by atoms with van der Waals surface area (Å²) >= 11 is 0. The third-order valence-corrected chi connectivity index (χ3v) is 4.77. The highest BCUT2D eigenvalue weighted by Gasteiger charge is 2.07. The summed E-state index contributed by atoms with van der Waals surface area (Å²) in [7, 11) is 0. The number of aromatic nitrogens is 4.